The van der Waals surface area contributed by atoms with E-state index in [9.17, 15) is 9.90 Å². The second kappa shape index (κ2) is 6.07. The Kier molecular flexibility index (Phi) is 4.44. The zero-order valence-corrected chi connectivity index (χ0v) is 10.5. The van der Waals surface area contributed by atoms with Crippen LogP contribution in [0.5, 0.6) is 0 Å². The first-order valence-corrected chi connectivity index (χ1v) is 6.65. The van der Waals surface area contributed by atoms with Crippen LogP contribution in [0.25, 0.3) is 10.4 Å². The van der Waals surface area contributed by atoms with Crippen LogP contribution in [0, 0.1) is 11.8 Å². The molecule has 18 heavy (non-hydrogen) atoms. The molecule has 2 fully saturated rings. The van der Waals surface area contributed by atoms with Crippen LogP contribution in [-0.4, -0.2) is 41.7 Å². The number of rotatable bonds is 4. The molecular weight excluding hydrogens is 232 g/mol. The van der Waals surface area contributed by atoms with E-state index in [0.717, 1.165) is 32.2 Å². The lowest BCUT2D eigenvalue weighted by atomic mass is 9.87. The average Bonchev–Trinajstić information content (AvgIpc) is 2.68. The van der Waals surface area contributed by atoms with E-state index in [4.69, 9.17) is 5.53 Å². The highest BCUT2D eigenvalue weighted by Gasteiger charge is 2.31. The number of aliphatic hydroxyl groups excluding tert-OH is 1. The average molecular weight is 252 g/mol. The van der Waals surface area contributed by atoms with E-state index < -0.39 is 0 Å². The summed E-state index contributed by atoms with van der Waals surface area (Å²) in [7, 11) is 0. The Morgan fingerprint density at radius 3 is 3.00 bits per heavy atom. The molecule has 2 rings (SSSR count). The normalized spacial score (nSPS) is 32.4. The third-order valence-corrected chi connectivity index (χ3v) is 3.93. The van der Waals surface area contributed by atoms with Gasteiger partial charge in [0.25, 0.3) is 0 Å². The van der Waals surface area contributed by atoms with Crippen LogP contribution >= 0.6 is 0 Å². The molecule has 1 aliphatic heterocycles. The molecule has 6 heteroatoms. The van der Waals surface area contributed by atoms with E-state index in [1.54, 1.807) is 0 Å². The summed E-state index contributed by atoms with van der Waals surface area (Å²) >= 11 is 0. The topological polar surface area (TPSA) is 89.3 Å². The van der Waals surface area contributed by atoms with Crippen LogP contribution < -0.4 is 0 Å². The van der Waals surface area contributed by atoms with Gasteiger partial charge < -0.3 is 10.0 Å². The molecule has 1 aliphatic carbocycles. The highest BCUT2D eigenvalue weighted by Crippen LogP contribution is 2.27. The van der Waals surface area contributed by atoms with Gasteiger partial charge in [-0.05, 0) is 36.6 Å². The maximum Gasteiger partial charge on any atom is 0.222 e. The third kappa shape index (κ3) is 3.37. The highest BCUT2D eigenvalue weighted by atomic mass is 16.3. The number of likely N-dealkylation sites (tertiary alicyclic amines) is 1. The van der Waals surface area contributed by atoms with Crippen molar-refractivity contribution in [3.63, 3.8) is 0 Å². The minimum absolute atomic E-state index is 0.160. The van der Waals surface area contributed by atoms with Crippen LogP contribution in [0.4, 0.5) is 0 Å². The van der Waals surface area contributed by atoms with Gasteiger partial charge >= 0.3 is 0 Å². The third-order valence-electron chi connectivity index (χ3n) is 3.93. The van der Waals surface area contributed by atoms with Crippen molar-refractivity contribution in [2.75, 3.05) is 19.6 Å². The Morgan fingerprint density at radius 1 is 1.44 bits per heavy atom. The van der Waals surface area contributed by atoms with Crippen molar-refractivity contribution in [2.24, 2.45) is 17.0 Å². The maximum absolute atomic E-state index is 11.8. The van der Waals surface area contributed by atoms with Gasteiger partial charge in [0.15, 0.2) is 0 Å². The molecule has 1 heterocycles. The van der Waals surface area contributed by atoms with Crippen molar-refractivity contribution in [3.05, 3.63) is 10.4 Å². The van der Waals surface area contributed by atoms with E-state index >= 15 is 0 Å². The SMILES string of the molecule is [N-]=[N+]=NCC1CC(=O)N(CC2CCCC(O)C2)C1. The van der Waals surface area contributed by atoms with E-state index in [-0.39, 0.29) is 17.9 Å². The maximum atomic E-state index is 11.8. The molecule has 3 atom stereocenters. The smallest absolute Gasteiger partial charge is 0.222 e. The number of azide groups is 1. The van der Waals surface area contributed by atoms with Gasteiger partial charge in [0.1, 0.15) is 0 Å². The van der Waals surface area contributed by atoms with Crippen molar-refractivity contribution < 1.29 is 9.90 Å². The molecule has 0 bridgehead atoms. The summed E-state index contributed by atoms with van der Waals surface area (Å²) in [6.45, 7) is 1.86. The first-order chi connectivity index (χ1) is 8.69. The van der Waals surface area contributed by atoms with Crippen molar-refractivity contribution in [2.45, 2.75) is 38.2 Å². The largest absolute Gasteiger partial charge is 0.393 e. The molecule has 1 amide bonds. The fourth-order valence-corrected chi connectivity index (χ4v) is 3.04. The molecule has 0 aromatic carbocycles. The van der Waals surface area contributed by atoms with Crippen LogP contribution in [0.2, 0.25) is 0 Å². The fourth-order valence-electron chi connectivity index (χ4n) is 3.04. The highest BCUT2D eigenvalue weighted by molar-refractivity contribution is 5.78. The number of nitrogens with zero attached hydrogens (tertiary/aromatic N) is 4. The summed E-state index contributed by atoms with van der Waals surface area (Å²) in [5.41, 5.74) is 8.28. The lowest BCUT2D eigenvalue weighted by molar-refractivity contribution is -0.128. The van der Waals surface area contributed by atoms with Gasteiger partial charge in [-0.1, -0.05) is 11.5 Å². The Bertz CT molecular complexity index is 354. The summed E-state index contributed by atoms with van der Waals surface area (Å²) in [4.78, 5) is 16.4. The van der Waals surface area contributed by atoms with Crippen molar-refractivity contribution in [1.82, 2.24) is 4.90 Å². The molecule has 0 aromatic rings. The monoisotopic (exact) mass is 252 g/mol. The molecule has 1 saturated heterocycles. The van der Waals surface area contributed by atoms with Gasteiger partial charge in [-0.3, -0.25) is 4.79 Å². The van der Waals surface area contributed by atoms with E-state index in [0.29, 0.717) is 25.4 Å². The lowest BCUT2D eigenvalue weighted by Crippen LogP contribution is -2.34. The molecule has 6 nitrogen and oxygen atoms in total. The first-order valence-electron chi connectivity index (χ1n) is 6.65. The fraction of sp³-hybridized carbons (Fsp3) is 0.917. The van der Waals surface area contributed by atoms with Crippen LogP contribution in [-0.2, 0) is 4.79 Å². The van der Waals surface area contributed by atoms with Crippen molar-refractivity contribution in [1.29, 1.82) is 0 Å². The van der Waals surface area contributed by atoms with E-state index in [1.165, 1.54) is 0 Å². The second-order valence-electron chi connectivity index (χ2n) is 5.47. The first kappa shape index (κ1) is 13.2. The molecule has 2 aliphatic rings. The molecule has 0 aromatic heterocycles. The summed E-state index contributed by atoms with van der Waals surface area (Å²) in [5, 5.41) is 13.2. The Hall–Kier alpha value is -1.26. The zero-order chi connectivity index (χ0) is 13.0. The molecule has 1 saturated carbocycles. The second-order valence-corrected chi connectivity index (χ2v) is 5.47. The molecule has 0 spiro atoms. The lowest BCUT2D eigenvalue weighted by Gasteiger charge is -2.29. The van der Waals surface area contributed by atoms with E-state index in [1.807, 2.05) is 4.90 Å². The van der Waals surface area contributed by atoms with Gasteiger partial charge in [-0.15, -0.1) is 0 Å². The number of hydrogen-bond donors (Lipinski definition) is 1. The standard InChI is InChI=1S/C12H20N4O2/c13-15-14-6-10-5-12(18)16(8-10)7-9-2-1-3-11(17)4-9/h9-11,17H,1-8H2. The predicted molar refractivity (Wildman–Crippen MR) is 66.7 cm³/mol. The summed E-state index contributed by atoms with van der Waals surface area (Å²) in [6.07, 6.45) is 4.15. The van der Waals surface area contributed by atoms with Gasteiger partial charge in [0, 0.05) is 31.0 Å². The Labute approximate surface area is 107 Å². The van der Waals surface area contributed by atoms with Crippen molar-refractivity contribution >= 4 is 5.91 Å². The zero-order valence-electron chi connectivity index (χ0n) is 10.5. The summed E-state index contributed by atoms with van der Waals surface area (Å²) in [6, 6.07) is 0. The molecular formula is C12H20N4O2. The minimum Gasteiger partial charge on any atom is -0.393 e. The predicted octanol–water partition coefficient (Wildman–Crippen LogP) is 1.70. The quantitative estimate of drug-likeness (QED) is 0.468. The van der Waals surface area contributed by atoms with Gasteiger partial charge in [0.2, 0.25) is 5.91 Å². The van der Waals surface area contributed by atoms with Gasteiger partial charge in [0.05, 0.1) is 6.10 Å². The summed E-state index contributed by atoms with van der Waals surface area (Å²) in [5.74, 6) is 0.756. The van der Waals surface area contributed by atoms with Gasteiger partial charge in [-0.2, -0.15) is 0 Å². The van der Waals surface area contributed by atoms with Crippen LogP contribution in [0.15, 0.2) is 5.11 Å². The van der Waals surface area contributed by atoms with Crippen molar-refractivity contribution in [3.8, 4) is 0 Å². The number of hydrogen-bond acceptors (Lipinski definition) is 3. The van der Waals surface area contributed by atoms with Gasteiger partial charge in [-0.25, -0.2) is 0 Å². The summed E-state index contributed by atoms with van der Waals surface area (Å²) < 4.78 is 0. The Morgan fingerprint density at radius 2 is 2.28 bits per heavy atom. The number of carbonyl (C=O) groups is 1. The van der Waals surface area contributed by atoms with Crippen LogP contribution in [0.1, 0.15) is 32.1 Å². The Balaban J connectivity index is 1.82. The number of aliphatic hydroxyl groups is 1. The van der Waals surface area contributed by atoms with E-state index in [2.05, 4.69) is 10.0 Å². The molecule has 100 valence electrons. The number of amides is 1. The molecule has 3 unspecified atom stereocenters. The molecule has 1 N–H and O–H groups in total. The minimum atomic E-state index is -0.194. The number of carbonyl (C=O) groups excluding carboxylic acids is 1. The van der Waals surface area contributed by atoms with Crippen LogP contribution in [0.3, 0.4) is 0 Å². The molecule has 0 radical (unpaired) electrons.